The Kier molecular flexibility index (Phi) is 5.28. The highest BCUT2D eigenvalue weighted by molar-refractivity contribution is 5.90. The van der Waals surface area contributed by atoms with Crippen molar-refractivity contribution in [3.63, 3.8) is 0 Å². The Morgan fingerprint density at radius 1 is 1.32 bits per heavy atom. The molecule has 0 unspecified atom stereocenters. The maximum absolute atomic E-state index is 9.78. The predicted molar refractivity (Wildman–Crippen MR) is 103 cm³/mol. The maximum atomic E-state index is 9.78. The number of aromatic nitrogens is 6. The minimum Gasteiger partial charge on any atom is -0.394 e. The molecule has 3 aromatic rings. The number of aliphatic hydroxyl groups excluding tert-OH is 2. The molecule has 3 aromatic heterocycles. The summed E-state index contributed by atoms with van der Waals surface area (Å²) in [5, 5.41) is 30.2. The topological polar surface area (TPSA) is 137 Å². The molecule has 0 bridgehead atoms. The first-order chi connectivity index (χ1) is 13.7. The minimum absolute atomic E-state index is 0.0916. The Balaban J connectivity index is 1.85. The number of hydrogen-bond donors (Lipinski definition) is 4. The molecule has 1 aliphatic rings. The van der Waals surface area contributed by atoms with Gasteiger partial charge in [0, 0.05) is 31.9 Å². The van der Waals surface area contributed by atoms with E-state index in [1.54, 1.807) is 16.9 Å². The normalized spacial score (nSPS) is 17.2. The predicted octanol–water partition coefficient (Wildman–Crippen LogP) is -0.357. The number of nitrogens with one attached hydrogen (secondary N) is 2. The number of fused-ring (bicyclic) bond motifs is 1. The van der Waals surface area contributed by atoms with Gasteiger partial charge in [-0.05, 0) is 13.0 Å². The molecule has 28 heavy (non-hydrogen) atoms. The van der Waals surface area contributed by atoms with Crippen molar-refractivity contribution in [1.82, 2.24) is 35.0 Å². The third-order valence-electron chi connectivity index (χ3n) is 4.59. The smallest absolute Gasteiger partial charge is 0.228 e. The fourth-order valence-corrected chi connectivity index (χ4v) is 3.32. The van der Waals surface area contributed by atoms with E-state index in [1.165, 1.54) is 6.33 Å². The molecular formula is C17H23N9O2. The summed E-state index contributed by atoms with van der Waals surface area (Å²) < 4.78 is 1.61. The average Bonchev–Trinajstić information content (AvgIpc) is 3.07. The summed E-state index contributed by atoms with van der Waals surface area (Å²) in [4.78, 5) is 19.7. The van der Waals surface area contributed by atoms with Gasteiger partial charge >= 0.3 is 0 Å². The zero-order chi connectivity index (χ0) is 19.5. The molecule has 0 aromatic carbocycles. The highest BCUT2D eigenvalue weighted by Gasteiger charge is 2.23. The van der Waals surface area contributed by atoms with Crippen molar-refractivity contribution >= 4 is 28.6 Å². The van der Waals surface area contributed by atoms with E-state index in [1.807, 2.05) is 0 Å². The van der Waals surface area contributed by atoms with Gasteiger partial charge in [0.05, 0.1) is 19.8 Å². The van der Waals surface area contributed by atoms with Crippen LogP contribution in [0.2, 0.25) is 0 Å². The number of anilines is 3. The minimum atomic E-state index is -0.254. The monoisotopic (exact) mass is 385 g/mol. The molecule has 1 fully saturated rings. The van der Waals surface area contributed by atoms with Gasteiger partial charge in [-0.3, -0.25) is 4.68 Å². The maximum Gasteiger partial charge on any atom is 0.228 e. The lowest BCUT2D eigenvalue weighted by Gasteiger charge is -2.32. The van der Waals surface area contributed by atoms with Crippen molar-refractivity contribution in [2.75, 3.05) is 36.5 Å². The van der Waals surface area contributed by atoms with Crippen LogP contribution in [0.25, 0.3) is 11.0 Å². The van der Waals surface area contributed by atoms with E-state index in [2.05, 4.69) is 37.5 Å². The van der Waals surface area contributed by atoms with Crippen LogP contribution in [0.15, 0.2) is 18.6 Å². The molecule has 0 spiro atoms. The lowest BCUT2D eigenvalue weighted by molar-refractivity contribution is 0.262. The summed E-state index contributed by atoms with van der Waals surface area (Å²) in [6.07, 6.45) is 3.08. The van der Waals surface area contributed by atoms with E-state index in [4.69, 9.17) is 9.97 Å². The van der Waals surface area contributed by atoms with Crippen LogP contribution < -0.4 is 15.5 Å². The molecule has 0 amide bonds. The molecule has 148 valence electrons. The number of rotatable bonds is 6. The van der Waals surface area contributed by atoms with E-state index < -0.39 is 0 Å². The Bertz CT molecular complexity index is 947. The van der Waals surface area contributed by atoms with Crippen molar-refractivity contribution in [3.05, 3.63) is 24.3 Å². The lowest BCUT2D eigenvalue weighted by atomic mass is 10.2. The van der Waals surface area contributed by atoms with Gasteiger partial charge in [0.25, 0.3) is 0 Å². The molecule has 4 heterocycles. The molecule has 0 saturated carbocycles. The van der Waals surface area contributed by atoms with Crippen LogP contribution in [-0.4, -0.2) is 72.2 Å². The summed E-state index contributed by atoms with van der Waals surface area (Å²) in [6, 6.07) is 2.06. The van der Waals surface area contributed by atoms with E-state index >= 15 is 0 Å². The largest absolute Gasteiger partial charge is 0.394 e. The standard InChI is InChI=1S/C17H23N9O2/c1-11-8-25(5-4-19-11)17-22-14-12(9-28)24-26(6-7-27)15(14)16(23-17)21-13-2-3-18-10-20-13/h2-3,10-11,19,27-28H,4-9H2,1H3,(H,18,20,21,22,23)/t11-/m0/s1. The van der Waals surface area contributed by atoms with Crippen LogP contribution in [0.5, 0.6) is 0 Å². The van der Waals surface area contributed by atoms with Crippen LogP contribution in [0.3, 0.4) is 0 Å². The van der Waals surface area contributed by atoms with Crippen LogP contribution in [0.4, 0.5) is 17.6 Å². The summed E-state index contributed by atoms with van der Waals surface area (Å²) in [5.74, 6) is 1.66. The van der Waals surface area contributed by atoms with Crippen molar-refractivity contribution in [1.29, 1.82) is 0 Å². The fourth-order valence-electron chi connectivity index (χ4n) is 3.32. The van der Waals surface area contributed by atoms with Gasteiger partial charge in [-0.1, -0.05) is 0 Å². The van der Waals surface area contributed by atoms with Gasteiger partial charge < -0.3 is 25.7 Å². The van der Waals surface area contributed by atoms with Gasteiger partial charge in [0.2, 0.25) is 5.95 Å². The van der Waals surface area contributed by atoms with E-state index in [-0.39, 0.29) is 19.8 Å². The first-order valence-corrected chi connectivity index (χ1v) is 9.20. The molecule has 4 rings (SSSR count). The summed E-state index contributed by atoms with van der Waals surface area (Å²) in [6.45, 7) is 4.43. The van der Waals surface area contributed by atoms with Crippen molar-refractivity contribution in [2.24, 2.45) is 0 Å². The number of piperazine rings is 1. The van der Waals surface area contributed by atoms with Crippen molar-refractivity contribution in [3.8, 4) is 0 Å². The van der Waals surface area contributed by atoms with Gasteiger partial charge in [0.15, 0.2) is 5.82 Å². The SMILES string of the molecule is C[C@H]1CN(c2nc(Nc3ccncn3)c3c(n2)c(CO)nn3CCO)CCN1. The van der Waals surface area contributed by atoms with E-state index in [9.17, 15) is 10.2 Å². The molecule has 0 radical (unpaired) electrons. The van der Waals surface area contributed by atoms with Gasteiger partial charge in [-0.25, -0.2) is 15.0 Å². The lowest BCUT2D eigenvalue weighted by Crippen LogP contribution is -2.49. The Morgan fingerprint density at radius 2 is 2.21 bits per heavy atom. The highest BCUT2D eigenvalue weighted by Crippen LogP contribution is 2.28. The van der Waals surface area contributed by atoms with Gasteiger partial charge in [-0.15, -0.1) is 0 Å². The van der Waals surface area contributed by atoms with Crippen LogP contribution in [0.1, 0.15) is 12.6 Å². The number of hydrogen-bond acceptors (Lipinski definition) is 10. The molecule has 1 aliphatic heterocycles. The Morgan fingerprint density at radius 3 is 2.93 bits per heavy atom. The van der Waals surface area contributed by atoms with E-state index in [0.29, 0.717) is 40.4 Å². The number of aliphatic hydroxyl groups is 2. The van der Waals surface area contributed by atoms with Crippen molar-refractivity contribution < 1.29 is 10.2 Å². The third kappa shape index (κ3) is 3.59. The third-order valence-corrected chi connectivity index (χ3v) is 4.59. The average molecular weight is 385 g/mol. The zero-order valence-corrected chi connectivity index (χ0v) is 15.6. The highest BCUT2D eigenvalue weighted by atomic mass is 16.3. The molecule has 4 N–H and O–H groups in total. The van der Waals surface area contributed by atoms with E-state index in [0.717, 1.165) is 19.6 Å². The molecular weight excluding hydrogens is 362 g/mol. The zero-order valence-electron chi connectivity index (χ0n) is 15.6. The van der Waals surface area contributed by atoms with Gasteiger partial charge in [-0.2, -0.15) is 10.1 Å². The molecule has 0 aliphatic carbocycles. The second-order valence-electron chi connectivity index (χ2n) is 6.64. The first-order valence-electron chi connectivity index (χ1n) is 9.20. The second kappa shape index (κ2) is 8.00. The van der Waals surface area contributed by atoms with Crippen LogP contribution >= 0.6 is 0 Å². The molecule has 1 saturated heterocycles. The van der Waals surface area contributed by atoms with Gasteiger partial charge in [0.1, 0.15) is 28.9 Å². The molecule has 11 nitrogen and oxygen atoms in total. The Labute approximate surface area is 161 Å². The summed E-state index contributed by atoms with van der Waals surface area (Å²) >= 11 is 0. The van der Waals surface area contributed by atoms with Crippen LogP contribution in [-0.2, 0) is 13.2 Å². The quantitative estimate of drug-likeness (QED) is 0.445. The Hall–Kier alpha value is -2.89. The molecule has 11 heteroatoms. The summed E-state index contributed by atoms with van der Waals surface area (Å²) in [7, 11) is 0. The molecule has 1 atom stereocenters. The van der Waals surface area contributed by atoms with Crippen molar-refractivity contribution in [2.45, 2.75) is 26.1 Å². The van der Waals surface area contributed by atoms with Crippen LogP contribution in [0, 0.1) is 0 Å². The second-order valence-corrected chi connectivity index (χ2v) is 6.64. The first kappa shape index (κ1) is 18.5. The summed E-state index contributed by atoms with van der Waals surface area (Å²) in [5.41, 5.74) is 1.62. The number of nitrogens with zero attached hydrogens (tertiary/aromatic N) is 7. The fraction of sp³-hybridized carbons (Fsp3) is 0.471.